The van der Waals surface area contributed by atoms with Crippen molar-refractivity contribution < 1.29 is 0 Å². The molecular formula is C15H18N4. The summed E-state index contributed by atoms with van der Waals surface area (Å²) in [6, 6.07) is 11.9. The van der Waals surface area contributed by atoms with Gasteiger partial charge in [-0.15, -0.1) is 0 Å². The van der Waals surface area contributed by atoms with Gasteiger partial charge in [-0.1, -0.05) is 12.1 Å². The summed E-state index contributed by atoms with van der Waals surface area (Å²) in [5.74, 6) is 0.866. The molecule has 4 heteroatoms. The highest BCUT2D eigenvalue weighted by atomic mass is 15.2. The Morgan fingerprint density at radius 3 is 2.74 bits per heavy atom. The second-order valence-electron chi connectivity index (χ2n) is 4.40. The van der Waals surface area contributed by atoms with Crippen molar-refractivity contribution in [2.24, 2.45) is 5.73 Å². The summed E-state index contributed by atoms with van der Waals surface area (Å²) in [7, 11) is 0. The molecule has 98 valence electrons. The molecule has 1 heterocycles. The topological polar surface area (TPSA) is 66.0 Å². The number of aryl methyl sites for hydroxylation is 1. The Bertz CT molecular complexity index is 592. The van der Waals surface area contributed by atoms with Crippen LogP contribution in [0.25, 0.3) is 0 Å². The first kappa shape index (κ1) is 13.1. The molecule has 1 aromatic heterocycles. The Labute approximate surface area is 113 Å². The van der Waals surface area contributed by atoms with Gasteiger partial charge < -0.3 is 10.6 Å². The highest BCUT2D eigenvalue weighted by Gasteiger charge is 2.10. The lowest BCUT2D eigenvalue weighted by atomic mass is 10.2. The van der Waals surface area contributed by atoms with Crippen LogP contribution >= 0.6 is 0 Å². The number of hydrogen-bond acceptors (Lipinski definition) is 3. The number of nitrogens with two attached hydrogens (primary N) is 1. The zero-order valence-electron chi connectivity index (χ0n) is 11.2. The van der Waals surface area contributed by atoms with Crippen molar-refractivity contribution >= 4 is 17.3 Å². The number of hydrogen-bond donors (Lipinski definition) is 2. The van der Waals surface area contributed by atoms with Crippen molar-refractivity contribution in [3.8, 4) is 0 Å². The lowest BCUT2D eigenvalue weighted by Crippen LogP contribution is -2.19. The zero-order chi connectivity index (χ0) is 13.8. The lowest BCUT2D eigenvalue weighted by Gasteiger charge is -2.22. The van der Waals surface area contributed by atoms with Gasteiger partial charge in [0, 0.05) is 24.0 Å². The second kappa shape index (κ2) is 5.52. The molecule has 4 nitrogen and oxygen atoms in total. The summed E-state index contributed by atoms with van der Waals surface area (Å²) in [6.07, 6.45) is 1.69. The van der Waals surface area contributed by atoms with Gasteiger partial charge in [0.1, 0.15) is 11.7 Å². The van der Waals surface area contributed by atoms with E-state index in [1.165, 1.54) is 5.56 Å². The van der Waals surface area contributed by atoms with E-state index in [0.29, 0.717) is 5.56 Å². The van der Waals surface area contributed by atoms with E-state index in [-0.39, 0.29) is 5.84 Å². The van der Waals surface area contributed by atoms with E-state index >= 15 is 0 Å². The van der Waals surface area contributed by atoms with Gasteiger partial charge in [0.2, 0.25) is 0 Å². The van der Waals surface area contributed by atoms with Gasteiger partial charge in [-0.05, 0) is 43.7 Å². The third-order valence-corrected chi connectivity index (χ3v) is 2.96. The fourth-order valence-corrected chi connectivity index (χ4v) is 2.01. The van der Waals surface area contributed by atoms with Crippen molar-refractivity contribution in [3.63, 3.8) is 0 Å². The standard InChI is InChI=1S/C15H18N4/c1-3-19(13-6-4-5-11(2)9-13)14-10-12(15(16)17)7-8-18-14/h4-10H,3H2,1-2H3,(H3,16,17). The summed E-state index contributed by atoms with van der Waals surface area (Å²) in [5, 5.41) is 7.50. The lowest BCUT2D eigenvalue weighted by molar-refractivity contribution is 0.987. The number of pyridine rings is 1. The third kappa shape index (κ3) is 2.91. The molecule has 3 N–H and O–H groups in total. The van der Waals surface area contributed by atoms with Crippen molar-refractivity contribution in [1.29, 1.82) is 5.41 Å². The van der Waals surface area contributed by atoms with Crippen LogP contribution in [0, 0.1) is 12.3 Å². The Morgan fingerprint density at radius 1 is 1.32 bits per heavy atom. The van der Waals surface area contributed by atoms with E-state index in [2.05, 4.69) is 41.9 Å². The molecule has 0 saturated heterocycles. The summed E-state index contributed by atoms with van der Waals surface area (Å²) >= 11 is 0. The minimum atomic E-state index is 0.0592. The molecule has 1 aromatic carbocycles. The molecule has 0 bridgehead atoms. The molecule has 0 fully saturated rings. The molecule has 0 aliphatic heterocycles. The average Bonchev–Trinajstić information content (AvgIpc) is 2.40. The summed E-state index contributed by atoms with van der Waals surface area (Å²) < 4.78 is 0. The van der Waals surface area contributed by atoms with Gasteiger partial charge in [0.25, 0.3) is 0 Å². The molecular weight excluding hydrogens is 236 g/mol. The minimum absolute atomic E-state index is 0.0592. The van der Waals surface area contributed by atoms with E-state index in [4.69, 9.17) is 11.1 Å². The van der Waals surface area contributed by atoms with Crippen LogP contribution in [0.3, 0.4) is 0 Å². The fourth-order valence-electron chi connectivity index (χ4n) is 2.01. The second-order valence-corrected chi connectivity index (χ2v) is 4.40. The maximum atomic E-state index is 7.50. The largest absolute Gasteiger partial charge is 0.384 e. The first-order valence-corrected chi connectivity index (χ1v) is 6.26. The predicted molar refractivity (Wildman–Crippen MR) is 79.1 cm³/mol. The molecule has 0 saturated carbocycles. The summed E-state index contributed by atoms with van der Waals surface area (Å²) in [5.41, 5.74) is 8.52. The number of nitrogen functional groups attached to an aromatic ring is 1. The molecule has 0 unspecified atom stereocenters. The van der Waals surface area contributed by atoms with Crippen molar-refractivity contribution in [2.45, 2.75) is 13.8 Å². The van der Waals surface area contributed by atoms with Crippen LogP contribution < -0.4 is 10.6 Å². The number of nitrogens with one attached hydrogen (secondary N) is 1. The first-order valence-electron chi connectivity index (χ1n) is 6.26. The Hall–Kier alpha value is -2.36. The van der Waals surface area contributed by atoms with E-state index < -0.39 is 0 Å². The molecule has 19 heavy (non-hydrogen) atoms. The molecule has 0 spiro atoms. The van der Waals surface area contributed by atoms with Gasteiger partial charge in [0.05, 0.1) is 0 Å². The third-order valence-electron chi connectivity index (χ3n) is 2.96. The highest BCUT2D eigenvalue weighted by Crippen LogP contribution is 2.24. The Kier molecular flexibility index (Phi) is 3.80. The van der Waals surface area contributed by atoms with Crippen molar-refractivity contribution in [1.82, 2.24) is 4.98 Å². The monoisotopic (exact) mass is 254 g/mol. The fraction of sp³-hybridized carbons (Fsp3) is 0.200. The molecule has 0 radical (unpaired) electrons. The van der Waals surface area contributed by atoms with Crippen LogP contribution in [-0.4, -0.2) is 17.4 Å². The molecule has 2 aromatic rings. The highest BCUT2D eigenvalue weighted by molar-refractivity contribution is 5.95. The SMILES string of the molecule is CCN(c1cccc(C)c1)c1cc(C(=N)N)ccn1. The zero-order valence-corrected chi connectivity index (χ0v) is 11.2. The maximum Gasteiger partial charge on any atom is 0.133 e. The number of amidine groups is 1. The number of aromatic nitrogens is 1. The van der Waals surface area contributed by atoms with E-state index in [1.807, 2.05) is 12.1 Å². The first-order chi connectivity index (χ1) is 9.11. The Morgan fingerprint density at radius 2 is 2.11 bits per heavy atom. The minimum Gasteiger partial charge on any atom is -0.384 e. The predicted octanol–water partition coefficient (Wildman–Crippen LogP) is 2.83. The summed E-state index contributed by atoms with van der Waals surface area (Å²) in [4.78, 5) is 6.47. The molecule has 0 aliphatic carbocycles. The number of nitrogens with zero attached hydrogens (tertiary/aromatic N) is 2. The quantitative estimate of drug-likeness (QED) is 0.651. The molecule has 0 amide bonds. The molecule has 2 rings (SSSR count). The average molecular weight is 254 g/mol. The van der Waals surface area contributed by atoms with Crippen LogP contribution in [0.4, 0.5) is 11.5 Å². The van der Waals surface area contributed by atoms with Crippen LogP contribution in [0.15, 0.2) is 42.6 Å². The van der Waals surface area contributed by atoms with Crippen molar-refractivity contribution in [2.75, 3.05) is 11.4 Å². The van der Waals surface area contributed by atoms with Crippen LogP contribution in [0.1, 0.15) is 18.1 Å². The van der Waals surface area contributed by atoms with Crippen LogP contribution in [0.2, 0.25) is 0 Å². The van der Waals surface area contributed by atoms with Crippen LogP contribution in [-0.2, 0) is 0 Å². The van der Waals surface area contributed by atoms with E-state index in [1.54, 1.807) is 12.3 Å². The smallest absolute Gasteiger partial charge is 0.133 e. The van der Waals surface area contributed by atoms with E-state index in [0.717, 1.165) is 18.1 Å². The van der Waals surface area contributed by atoms with Gasteiger partial charge >= 0.3 is 0 Å². The van der Waals surface area contributed by atoms with Crippen LogP contribution in [0.5, 0.6) is 0 Å². The maximum absolute atomic E-state index is 7.50. The van der Waals surface area contributed by atoms with Gasteiger partial charge in [-0.3, -0.25) is 5.41 Å². The molecule has 0 aliphatic rings. The number of rotatable bonds is 4. The number of anilines is 2. The van der Waals surface area contributed by atoms with Crippen molar-refractivity contribution in [3.05, 3.63) is 53.7 Å². The van der Waals surface area contributed by atoms with Gasteiger partial charge in [-0.25, -0.2) is 4.98 Å². The number of benzene rings is 1. The van der Waals surface area contributed by atoms with Gasteiger partial charge in [0.15, 0.2) is 0 Å². The normalized spacial score (nSPS) is 10.2. The summed E-state index contributed by atoms with van der Waals surface area (Å²) in [6.45, 7) is 4.94. The van der Waals surface area contributed by atoms with Gasteiger partial charge in [-0.2, -0.15) is 0 Å². The molecule has 0 atom stereocenters. The van der Waals surface area contributed by atoms with E-state index in [9.17, 15) is 0 Å². The Balaban J connectivity index is 2.42.